The van der Waals surface area contributed by atoms with Gasteiger partial charge in [0.2, 0.25) is 0 Å². The molecule has 0 saturated heterocycles. The van der Waals surface area contributed by atoms with E-state index in [4.69, 9.17) is 10.5 Å². The van der Waals surface area contributed by atoms with Crippen LogP contribution in [0.25, 0.3) is 11.8 Å². The molecule has 0 aliphatic carbocycles. The molecule has 0 saturated carbocycles. The van der Waals surface area contributed by atoms with Crippen LogP contribution in [0.3, 0.4) is 0 Å². The number of allylic oxidation sites excluding steroid dienone is 1. The van der Waals surface area contributed by atoms with Crippen molar-refractivity contribution < 1.29 is 0 Å². The summed E-state index contributed by atoms with van der Waals surface area (Å²) in [6, 6.07) is 13.0. The van der Waals surface area contributed by atoms with Crippen molar-refractivity contribution in [2.75, 3.05) is 0 Å². The van der Waals surface area contributed by atoms with Gasteiger partial charge in [-0.25, -0.2) is 4.68 Å². The van der Waals surface area contributed by atoms with Gasteiger partial charge in [-0.15, -0.1) is 5.10 Å². The third-order valence-electron chi connectivity index (χ3n) is 2.06. The lowest BCUT2D eigenvalue weighted by atomic mass is 10.2. The molecule has 0 aliphatic rings. The molecule has 0 aliphatic heterocycles. The zero-order valence-corrected chi connectivity index (χ0v) is 8.78. The maximum absolute atomic E-state index is 8.62. The van der Waals surface area contributed by atoms with Crippen LogP contribution in [0.4, 0.5) is 0 Å². The molecular formula is C12H7N5. The van der Waals surface area contributed by atoms with E-state index in [-0.39, 0.29) is 5.57 Å². The molecule has 2 rings (SSSR count). The number of aromatic nitrogens is 3. The molecule has 1 aromatic carbocycles. The number of hydrogen-bond donors (Lipinski definition) is 0. The first-order valence-electron chi connectivity index (χ1n) is 4.83. The number of benzene rings is 1. The van der Waals surface area contributed by atoms with Gasteiger partial charge >= 0.3 is 0 Å². The van der Waals surface area contributed by atoms with Crippen molar-refractivity contribution >= 4 is 6.08 Å². The topological polar surface area (TPSA) is 78.3 Å². The van der Waals surface area contributed by atoms with Crippen LogP contribution < -0.4 is 0 Å². The highest BCUT2D eigenvalue weighted by Gasteiger charge is 2.01. The Bertz CT molecular complexity index is 609. The first kappa shape index (κ1) is 10.6. The molecular weight excluding hydrogens is 214 g/mol. The summed E-state index contributed by atoms with van der Waals surface area (Å²) < 4.78 is 1.58. The van der Waals surface area contributed by atoms with Crippen LogP contribution in [0.1, 0.15) is 5.69 Å². The van der Waals surface area contributed by atoms with Gasteiger partial charge in [-0.1, -0.05) is 23.4 Å². The van der Waals surface area contributed by atoms with Crippen LogP contribution in [0.15, 0.2) is 42.1 Å². The first-order chi connectivity index (χ1) is 8.33. The van der Waals surface area contributed by atoms with Gasteiger partial charge < -0.3 is 0 Å². The summed E-state index contributed by atoms with van der Waals surface area (Å²) in [7, 11) is 0. The zero-order valence-electron chi connectivity index (χ0n) is 8.78. The summed E-state index contributed by atoms with van der Waals surface area (Å²) >= 11 is 0. The van der Waals surface area contributed by atoms with Gasteiger partial charge in [-0.05, 0) is 18.2 Å². The number of nitriles is 2. The van der Waals surface area contributed by atoms with Crippen LogP contribution in [-0.4, -0.2) is 15.0 Å². The van der Waals surface area contributed by atoms with E-state index in [2.05, 4.69) is 10.3 Å². The van der Waals surface area contributed by atoms with Crippen LogP contribution in [0.2, 0.25) is 0 Å². The zero-order chi connectivity index (χ0) is 12.1. The highest BCUT2D eigenvalue weighted by Crippen LogP contribution is 2.07. The first-order valence-corrected chi connectivity index (χ1v) is 4.83. The Kier molecular flexibility index (Phi) is 2.95. The summed E-state index contributed by atoms with van der Waals surface area (Å²) in [6.07, 6.45) is 3.05. The van der Waals surface area contributed by atoms with Crippen molar-refractivity contribution in [1.29, 1.82) is 10.5 Å². The maximum atomic E-state index is 8.62. The molecule has 80 valence electrons. The van der Waals surface area contributed by atoms with E-state index in [9.17, 15) is 0 Å². The van der Waals surface area contributed by atoms with Gasteiger partial charge in [-0.2, -0.15) is 10.5 Å². The van der Waals surface area contributed by atoms with Crippen molar-refractivity contribution in [3.05, 3.63) is 47.8 Å². The molecule has 0 bridgehead atoms. The summed E-state index contributed by atoms with van der Waals surface area (Å²) in [4.78, 5) is 0. The van der Waals surface area contributed by atoms with E-state index < -0.39 is 0 Å². The predicted octanol–water partition coefficient (Wildman–Crippen LogP) is 1.70. The minimum Gasteiger partial charge on any atom is -0.220 e. The second kappa shape index (κ2) is 4.73. The molecule has 5 heteroatoms. The Labute approximate surface area is 97.8 Å². The molecule has 1 aromatic heterocycles. The van der Waals surface area contributed by atoms with Crippen molar-refractivity contribution in [3.63, 3.8) is 0 Å². The van der Waals surface area contributed by atoms with Gasteiger partial charge in [0.1, 0.15) is 23.4 Å². The quantitative estimate of drug-likeness (QED) is 0.723. The van der Waals surface area contributed by atoms with E-state index in [1.165, 1.54) is 6.08 Å². The lowest BCUT2D eigenvalue weighted by Crippen LogP contribution is -1.93. The molecule has 1 heterocycles. The van der Waals surface area contributed by atoms with E-state index in [1.807, 2.05) is 30.3 Å². The Morgan fingerprint density at radius 1 is 1.18 bits per heavy atom. The SMILES string of the molecule is N#CC(C#N)=Cc1cn(-c2ccccc2)nn1. The van der Waals surface area contributed by atoms with Crippen LogP contribution >= 0.6 is 0 Å². The summed E-state index contributed by atoms with van der Waals surface area (Å²) in [5.74, 6) is 0. The van der Waals surface area contributed by atoms with Crippen LogP contribution in [-0.2, 0) is 0 Å². The number of nitrogens with zero attached hydrogens (tertiary/aromatic N) is 5. The molecule has 17 heavy (non-hydrogen) atoms. The van der Waals surface area contributed by atoms with Gasteiger partial charge in [0.25, 0.3) is 0 Å². The molecule has 0 atom stereocenters. The lowest BCUT2D eigenvalue weighted by molar-refractivity contribution is 0.802. The Morgan fingerprint density at radius 2 is 1.88 bits per heavy atom. The fraction of sp³-hybridized carbons (Fsp3) is 0. The molecule has 5 nitrogen and oxygen atoms in total. The Morgan fingerprint density at radius 3 is 2.53 bits per heavy atom. The largest absolute Gasteiger partial charge is 0.220 e. The molecule has 0 unspecified atom stereocenters. The van der Waals surface area contributed by atoms with Crippen molar-refractivity contribution in [3.8, 4) is 17.8 Å². The summed E-state index contributed by atoms with van der Waals surface area (Å²) in [5.41, 5.74) is 1.35. The summed E-state index contributed by atoms with van der Waals surface area (Å²) in [6.45, 7) is 0. The molecule has 0 spiro atoms. The fourth-order valence-electron chi connectivity index (χ4n) is 1.29. The van der Waals surface area contributed by atoms with E-state index >= 15 is 0 Å². The van der Waals surface area contributed by atoms with E-state index in [1.54, 1.807) is 23.0 Å². The number of para-hydroxylation sites is 1. The Hall–Kier alpha value is -2.92. The monoisotopic (exact) mass is 221 g/mol. The second-order valence-electron chi connectivity index (χ2n) is 3.21. The highest BCUT2D eigenvalue weighted by atomic mass is 15.4. The highest BCUT2D eigenvalue weighted by molar-refractivity contribution is 5.59. The smallest absolute Gasteiger partial charge is 0.131 e. The van der Waals surface area contributed by atoms with Gasteiger partial charge in [0.15, 0.2) is 0 Å². The van der Waals surface area contributed by atoms with E-state index in [0.29, 0.717) is 5.69 Å². The van der Waals surface area contributed by atoms with E-state index in [0.717, 1.165) is 5.69 Å². The van der Waals surface area contributed by atoms with Crippen molar-refractivity contribution in [2.24, 2.45) is 0 Å². The average molecular weight is 221 g/mol. The Balaban J connectivity index is 2.33. The number of hydrogen-bond acceptors (Lipinski definition) is 4. The van der Waals surface area contributed by atoms with Crippen LogP contribution in [0, 0.1) is 22.7 Å². The third-order valence-corrected chi connectivity index (χ3v) is 2.06. The molecule has 0 radical (unpaired) electrons. The molecule has 0 amide bonds. The minimum atomic E-state index is 0.00473. The molecule has 2 aromatic rings. The van der Waals surface area contributed by atoms with Crippen molar-refractivity contribution in [1.82, 2.24) is 15.0 Å². The normalized spacial score (nSPS) is 9.06. The van der Waals surface area contributed by atoms with Crippen molar-refractivity contribution in [2.45, 2.75) is 0 Å². The predicted molar refractivity (Wildman–Crippen MR) is 60.6 cm³/mol. The van der Waals surface area contributed by atoms with Crippen LogP contribution in [0.5, 0.6) is 0 Å². The molecule has 0 fully saturated rings. The second-order valence-corrected chi connectivity index (χ2v) is 3.21. The standard InChI is InChI=1S/C12H7N5/c13-7-10(8-14)6-11-9-17(16-15-11)12-4-2-1-3-5-12/h1-6,9H. The third kappa shape index (κ3) is 2.36. The molecule has 0 N–H and O–H groups in total. The summed E-state index contributed by atoms with van der Waals surface area (Å²) in [5, 5.41) is 25.0. The van der Waals surface area contributed by atoms with Gasteiger partial charge in [0, 0.05) is 0 Å². The van der Waals surface area contributed by atoms with Gasteiger partial charge in [0.05, 0.1) is 11.9 Å². The minimum absolute atomic E-state index is 0.00473. The fourth-order valence-corrected chi connectivity index (χ4v) is 1.29. The number of rotatable bonds is 2. The average Bonchev–Trinajstić information content (AvgIpc) is 2.85. The maximum Gasteiger partial charge on any atom is 0.131 e. The lowest BCUT2D eigenvalue weighted by Gasteiger charge is -1.96. The van der Waals surface area contributed by atoms with Gasteiger partial charge in [-0.3, -0.25) is 0 Å².